The molecule has 0 fully saturated rings. The van der Waals surface area contributed by atoms with Crippen molar-refractivity contribution < 1.29 is 0 Å². The molecular formula is C16H20. The van der Waals surface area contributed by atoms with E-state index in [2.05, 4.69) is 62.4 Å². The molecule has 2 aromatic carbocycles. The summed E-state index contributed by atoms with van der Waals surface area (Å²) in [6.45, 7) is 4.30. The fourth-order valence-corrected chi connectivity index (χ4v) is 1.68. The Labute approximate surface area is 99.0 Å². The first kappa shape index (κ1) is 12.5. The molecule has 0 aromatic heterocycles. The summed E-state index contributed by atoms with van der Waals surface area (Å²) in [6.07, 6.45) is 1.11. The molecule has 2 aromatic rings. The molecule has 0 atom stereocenters. The topological polar surface area (TPSA) is 0 Å². The second-order valence-electron chi connectivity index (χ2n) is 3.92. The van der Waals surface area contributed by atoms with E-state index >= 15 is 0 Å². The maximum Gasteiger partial charge on any atom is -0.0184 e. The summed E-state index contributed by atoms with van der Waals surface area (Å²) < 4.78 is 0. The third-order valence-electron chi connectivity index (χ3n) is 2.75. The lowest BCUT2D eigenvalue weighted by Gasteiger charge is -2.03. The summed E-state index contributed by atoms with van der Waals surface area (Å²) in [7, 11) is 0. The van der Waals surface area contributed by atoms with Crippen LogP contribution in [0.25, 0.3) is 11.1 Å². The van der Waals surface area contributed by atoms with Crippen molar-refractivity contribution in [1.82, 2.24) is 0 Å². The van der Waals surface area contributed by atoms with Crippen LogP contribution in [0.15, 0.2) is 48.5 Å². The van der Waals surface area contributed by atoms with Gasteiger partial charge < -0.3 is 0 Å². The molecule has 0 heterocycles. The summed E-state index contributed by atoms with van der Waals surface area (Å²) in [4.78, 5) is 0. The Morgan fingerprint density at radius 2 is 1.19 bits per heavy atom. The van der Waals surface area contributed by atoms with Gasteiger partial charge in [0, 0.05) is 0 Å². The Morgan fingerprint density at radius 3 is 1.62 bits per heavy atom. The number of benzene rings is 2. The van der Waals surface area contributed by atoms with E-state index in [4.69, 9.17) is 0 Å². The van der Waals surface area contributed by atoms with Gasteiger partial charge in [0.15, 0.2) is 0 Å². The summed E-state index contributed by atoms with van der Waals surface area (Å²) in [6, 6.07) is 17.5. The van der Waals surface area contributed by atoms with Crippen LogP contribution >= 0.6 is 0 Å². The maximum atomic E-state index is 2.20. The van der Waals surface area contributed by atoms with Crippen LogP contribution in [0.5, 0.6) is 0 Å². The second kappa shape index (κ2) is 5.50. The number of hydrogen-bond donors (Lipinski definition) is 0. The first-order valence-corrected chi connectivity index (χ1v) is 5.45. The molecule has 0 N–H and O–H groups in total. The van der Waals surface area contributed by atoms with Crippen LogP contribution in [-0.4, -0.2) is 0 Å². The average Bonchev–Trinajstić information content (AvgIpc) is 2.30. The molecule has 0 spiro atoms. The Balaban J connectivity index is 0.00000128. The van der Waals surface area contributed by atoms with Crippen molar-refractivity contribution in [2.45, 2.75) is 27.7 Å². The number of rotatable bonds is 2. The van der Waals surface area contributed by atoms with Crippen LogP contribution in [-0.2, 0) is 6.42 Å². The van der Waals surface area contributed by atoms with Gasteiger partial charge in [0.05, 0.1) is 0 Å². The third-order valence-corrected chi connectivity index (χ3v) is 2.75. The highest BCUT2D eigenvalue weighted by Gasteiger charge is 1.96. The highest BCUT2D eigenvalue weighted by atomic mass is 14.0. The zero-order chi connectivity index (χ0) is 10.7. The van der Waals surface area contributed by atoms with Gasteiger partial charge in [-0.25, -0.2) is 0 Å². The molecule has 0 aliphatic carbocycles. The minimum absolute atomic E-state index is 0. The molecule has 0 bridgehead atoms. The van der Waals surface area contributed by atoms with Crippen molar-refractivity contribution in [1.29, 1.82) is 0 Å². The summed E-state index contributed by atoms with van der Waals surface area (Å²) in [5.41, 5.74) is 5.30. The van der Waals surface area contributed by atoms with Crippen molar-refractivity contribution in [3.05, 3.63) is 59.7 Å². The molecule has 0 aliphatic heterocycles. The summed E-state index contributed by atoms with van der Waals surface area (Å²) in [5.74, 6) is 0. The standard InChI is InChI=1S/C15H16.CH4/c1-3-13-6-10-15(11-7-13)14-8-4-12(2)5-9-14;/h4-11H,3H2,1-2H3;1H4. The van der Waals surface area contributed by atoms with E-state index in [0.29, 0.717) is 0 Å². The minimum Gasteiger partial charge on any atom is -0.0776 e. The molecule has 16 heavy (non-hydrogen) atoms. The van der Waals surface area contributed by atoms with Crippen LogP contribution in [0.1, 0.15) is 25.5 Å². The van der Waals surface area contributed by atoms with Crippen molar-refractivity contribution in [2.24, 2.45) is 0 Å². The van der Waals surface area contributed by atoms with Gasteiger partial charge in [-0.2, -0.15) is 0 Å². The molecule has 2 rings (SSSR count). The van der Waals surface area contributed by atoms with Crippen molar-refractivity contribution in [2.75, 3.05) is 0 Å². The van der Waals surface area contributed by atoms with E-state index in [9.17, 15) is 0 Å². The predicted molar refractivity (Wildman–Crippen MR) is 72.7 cm³/mol. The van der Waals surface area contributed by atoms with Gasteiger partial charge in [-0.3, -0.25) is 0 Å². The number of hydrogen-bond acceptors (Lipinski definition) is 0. The zero-order valence-corrected chi connectivity index (χ0v) is 9.33. The lowest BCUT2D eigenvalue weighted by atomic mass is 10.0. The van der Waals surface area contributed by atoms with E-state index < -0.39 is 0 Å². The SMILES string of the molecule is C.CCc1ccc(-c2ccc(C)cc2)cc1. The fourth-order valence-electron chi connectivity index (χ4n) is 1.68. The van der Waals surface area contributed by atoms with Gasteiger partial charge >= 0.3 is 0 Å². The van der Waals surface area contributed by atoms with Crippen molar-refractivity contribution >= 4 is 0 Å². The molecule has 0 saturated carbocycles. The Morgan fingerprint density at radius 1 is 0.750 bits per heavy atom. The zero-order valence-electron chi connectivity index (χ0n) is 9.33. The highest BCUT2D eigenvalue weighted by molar-refractivity contribution is 5.63. The molecule has 0 amide bonds. The van der Waals surface area contributed by atoms with Crippen LogP contribution in [0, 0.1) is 6.92 Å². The molecule has 0 aliphatic rings. The van der Waals surface area contributed by atoms with Crippen LogP contribution in [0.2, 0.25) is 0 Å². The monoisotopic (exact) mass is 212 g/mol. The van der Waals surface area contributed by atoms with E-state index in [1.807, 2.05) is 0 Å². The Bertz CT molecular complexity index is 421. The van der Waals surface area contributed by atoms with Gasteiger partial charge in [-0.05, 0) is 30.0 Å². The molecular weight excluding hydrogens is 192 g/mol. The molecule has 84 valence electrons. The van der Waals surface area contributed by atoms with E-state index in [1.54, 1.807) is 0 Å². The third kappa shape index (κ3) is 2.73. The Hall–Kier alpha value is -1.56. The minimum atomic E-state index is 0. The molecule has 0 nitrogen and oxygen atoms in total. The summed E-state index contributed by atoms with van der Waals surface area (Å²) >= 11 is 0. The lowest BCUT2D eigenvalue weighted by molar-refractivity contribution is 1.14. The van der Waals surface area contributed by atoms with Crippen LogP contribution in [0.4, 0.5) is 0 Å². The van der Waals surface area contributed by atoms with Crippen molar-refractivity contribution in [3.63, 3.8) is 0 Å². The highest BCUT2D eigenvalue weighted by Crippen LogP contribution is 2.20. The van der Waals surface area contributed by atoms with Gasteiger partial charge in [0.25, 0.3) is 0 Å². The largest absolute Gasteiger partial charge is 0.0776 e. The second-order valence-corrected chi connectivity index (χ2v) is 3.92. The fraction of sp³-hybridized carbons (Fsp3) is 0.250. The lowest BCUT2D eigenvalue weighted by Crippen LogP contribution is -1.81. The first-order valence-electron chi connectivity index (χ1n) is 5.45. The normalized spacial score (nSPS) is 9.62. The first-order chi connectivity index (χ1) is 7.29. The van der Waals surface area contributed by atoms with E-state index in [1.165, 1.54) is 22.3 Å². The quantitative estimate of drug-likeness (QED) is 0.667. The van der Waals surface area contributed by atoms with Crippen LogP contribution < -0.4 is 0 Å². The van der Waals surface area contributed by atoms with Gasteiger partial charge in [0.1, 0.15) is 0 Å². The maximum absolute atomic E-state index is 2.20. The van der Waals surface area contributed by atoms with Gasteiger partial charge in [0.2, 0.25) is 0 Å². The van der Waals surface area contributed by atoms with Gasteiger partial charge in [-0.15, -0.1) is 0 Å². The summed E-state index contributed by atoms with van der Waals surface area (Å²) in [5, 5.41) is 0. The predicted octanol–water partition coefficient (Wildman–Crippen LogP) is 4.86. The molecule has 0 radical (unpaired) electrons. The van der Waals surface area contributed by atoms with Crippen LogP contribution in [0.3, 0.4) is 0 Å². The average molecular weight is 212 g/mol. The molecule has 0 heteroatoms. The number of aryl methyl sites for hydroxylation is 2. The van der Waals surface area contributed by atoms with Crippen molar-refractivity contribution in [3.8, 4) is 11.1 Å². The molecule has 0 saturated heterocycles. The van der Waals surface area contributed by atoms with E-state index in [0.717, 1.165) is 6.42 Å². The molecule has 0 unspecified atom stereocenters. The van der Waals surface area contributed by atoms with Gasteiger partial charge in [-0.1, -0.05) is 68.4 Å². The smallest absolute Gasteiger partial charge is 0.0184 e. The Kier molecular flexibility index (Phi) is 4.30. The van der Waals surface area contributed by atoms with E-state index in [-0.39, 0.29) is 7.43 Å².